The molecule has 2 rings (SSSR count). The van der Waals surface area contributed by atoms with Crippen molar-refractivity contribution in [2.24, 2.45) is 0 Å². The van der Waals surface area contributed by atoms with Crippen LogP contribution in [-0.2, 0) is 0 Å². The number of ether oxygens (including phenoxy) is 1. The first-order chi connectivity index (χ1) is 6.29. The summed E-state index contributed by atoms with van der Waals surface area (Å²) >= 11 is 0. The van der Waals surface area contributed by atoms with Crippen molar-refractivity contribution in [3.63, 3.8) is 0 Å². The molecule has 1 aliphatic rings. The maximum absolute atomic E-state index is 12.7. The molecule has 1 aromatic heterocycles. The average Bonchev–Trinajstić information content (AvgIpc) is 2.92. The molecule has 1 N–H and O–H groups in total. The van der Waals surface area contributed by atoms with Crippen molar-refractivity contribution in [3.8, 4) is 5.75 Å². The molecule has 0 bridgehead atoms. The predicted octanol–water partition coefficient (Wildman–Crippen LogP) is 1.80. The van der Waals surface area contributed by atoms with E-state index in [9.17, 15) is 4.39 Å². The summed E-state index contributed by atoms with van der Waals surface area (Å²) in [5.74, 6) is 0.138. The zero-order chi connectivity index (χ0) is 9.26. The van der Waals surface area contributed by atoms with Crippen LogP contribution >= 0.6 is 0 Å². The van der Waals surface area contributed by atoms with Crippen LogP contribution < -0.4 is 10.1 Å². The van der Waals surface area contributed by atoms with Gasteiger partial charge in [-0.1, -0.05) is 0 Å². The number of rotatable bonds is 3. The lowest BCUT2D eigenvalue weighted by Gasteiger charge is -2.09. The van der Waals surface area contributed by atoms with E-state index in [1.54, 1.807) is 7.05 Å². The van der Waals surface area contributed by atoms with Crippen LogP contribution in [0.1, 0.15) is 12.8 Å². The third-order valence-corrected chi connectivity index (χ3v) is 1.92. The molecule has 0 amide bonds. The maximum atomic E-state index is 12.7. The minimum Gasteiger partial charge on any atom is -0.487 e. The van der Waals surface area contributed by atoms with E-state index in [-0.39, 0.29) is 0 Å². The summed E-state index contributed by atoms with van der Waals surface area (Å²) in [6, 6.07) is 1.33. The molecule has 0 unspecified atom stereocenters. The lowest BCUT2D eigenvalue weighted by Crippen LogP contribution is -2.01. The zero-order valence-electron chi connectivity index (χ0n) is 7.38. The van der Waals surface area contributed by atoms with Crippen LogP contribution in [-0.4, -0.2) is 18.1 Å². The van der Waals surface area contributed by atoms with Gasteiger partial charge in [-0.3, -0.25) is 0 Å². The first-order valence-corrected chi connectivity index (χ1v) is 4.29. The summed E-state index contributed by atoms with van der Waals surface area (Å²) in [7, 11) is 1.73. The van der Waals surface area contributed by atoms with Gasteiger partial charge in [-0.05, 0) is 12.8 Å². The molecule has 1 aromatic rings. The molecule has 3 nitrogen and oxygen atoms in total. The molecule has 4 heteroatoms. The Bertz CT molecular complexity index is 312. The summed E-state index contributed by atoms with van der Waals surface area (Å²) in [4.78, 5) is 3.54. The molecular formula is C9H11FN2O. The third kappa shape index (κ3) is 1.88. The number of nitrogens with one attached hydrogen (secondary N) is 1. The minimum absolute atomic E-state index is 0.305. The van der Waals surface area contributed by atoms with E-state index in [2.05, 4.69) is 10.3 Å². The second-order valence-corrected chi connectivity index (χ2v) is 3.07. The van der Waals surface area contributed by atoms with Gasteiger partial charge in [0.2, 0.25) is 5.95 Å². The molecule has 0 aromatic carbocycles. The lowest BCUT2D eigenvalue weighted by molar-refractivity contribution is 0.302. The minimum atomic E-state index is -0.493. The van der Waals surface area contributed by atoms with Crippen molar-refractivity contribution >= 4 is 5.69 Å². The number of hydrogen-bond acceptors (Lipinski definition) is 3. The maximum Gasteiger partial charge on any atom is 0.215 e. The molecule has 1 fully saturated rings. The van der Waals surface area contributed by atoms with E-state index in [0.29, 0.717) is 17.5 Å². The fourth-order valence-corrected chi connectivity index (χ4v) is 1.07. The topological polar surface area (TPSA) is 34.2 Å². The summed E-state index contributed by atoms with van der Waals surface area (Å²) in [6.07, 6.45) is 3.89. The van der Waals surface area contributed by atoms with Crippen molar-refractivity contribution in [3.05, 3.63) is 18.2 Å². The van der Waals surface area contributed by atoms with Gasteiger partial charge in [0.25, 0.3) is 0 Å². The molecule has 0 atom stereocenters. The first-order valence-electron chi connectivity index (χ1n) is 4.29. The summed E-state index contributed by atoms with van der Waals surface area (Å²) in [5.41, 5.74) is 0.652. The lowest BCUT2D eigenvalue weighted by atomic mass is 10.4. The van der Waals surface area contributed by atoms with E-state index in [4.69, 9.17) is 4.74 Å². The van der Waals surface area contributed by atoms with Crippen molar-refractivity contribution in [1.29, 1.82) is 0 Å². The largest absolute Gasteiger partial charge is 0.487 e. The highest BCUT2D eigenvalue weighted by Crippen LogP contribution is 2.31. The molecule has 1 heterocycles. The van der Waals surface area contributed by atoms with Crippen LogP contribution in [0, 0.1) is 5.95 Å². The molecular weight excluding hydrogens is 171 g/mol. The van der Waals surface area contributed by atoms with Crippen LogP contribution in [0.25, 0.3) is 0 Å². The summed E-state index contributed by atoms with van der Waals surface area (Å²) in [5, 5.41) is 2.86. The Morgan fingerprint density at radius 1 is 1.62 bits per heavy atom. The number of anilines is 1. The molecule has 70 valence electrons. The fourth-order valence-electron chi connectivity index (χ4n) is 1.07. The van der Waals surface area contributed by atoms with Gasteiger partial charge in [-0.15, -0.1) is 0 Å². The second kappa shape index (κ2) is 3.20. The van der Waals surface area contributed by atoms with Gasteiger partial charge >= 0.3 is 0 Å². The Hall–Kier alpha value is -1.32. The number of aromatic nitrogens is 1. The van der Waals surface area contributed by atoms with Crippen LogP contribution in [0.2, 0.25) is 0 Å². The van der Waals surface area contributed by atoms with Gasteiger partial charge in [0.15, 0.2) is 5.75 Å². The number of pyridine rings is 1. The highest BCUT2D eigenvalue weighted by Gasteiger charge is 2.24. The van der Waals surface area contributed by atoms with Gasteiger partial charge in [-0.25, -0.2) is 4.98 Å². The SMILES string of the molecule is CNc1cc(F)ncc1OC1CC1. The smallest absolute Gasteiger partial charge is 0.215 e. The molecule has 0 saturated heterocycles. The molecule has 0 radical (unpaired) electrons. The Balaban J connectivity index is 2.21. The van der Waals surface area contributed by atoms with E-state index in [1.165, 1.54) is 12.3 Å². The Labute approximate surface area is 75.9 Å². The molecule has 0 aliphatic heterocycles. The van der Waals surface area contributed by atoms with E-state index >= 15 is 0 Å². The Morgan fingerprint density at radius 2 is 2.38 bits per heavy atom. The predicted molar refractivity (Wildman–Crippen MR) is 47.4 cm³/mol. The van der Waals surface area contributed by atoms with E-state index in [1.807, 2.05) is 0 Å². The van der Waals surface area contributed by atoms with Crippen molar-refractivity contribution in [2.75, 3.05) is 12.4 Å². The number of nitrogens with zero attached hydrogens (tertiary/aromatic N) is 1. The van der Waals surface area contributed by atoms with E-state index < -0.39 is 5.95 Å². The monoisotopic (exact) mass is 182 g/mol. The Kier molecular flexibility index (Phi) is 2.04. The molecule has 1 aliphatic carbocycles. The van der Waals surface area contributed by atoms with Gasteiger partial charge in [0, 0.05) is 13.1 Å². The Morgan fingerprint density at radius 3 is 3.00 bits per heavy atom. The first kappa shape index (κ1) is 8.29. The number of halogens is 1. The van der Waals surface area contributed by atoms with Gasteiger partial charge < -0.3 is 10.1 Å². The molecule has 13 heavy (non-hydrogen) atoms. The quantitative estimate of drug-likeness (QED) is 0.724. The second-order valence-electron chi connectivity index (χ2n) is 3.07. The van der Waals surface area contributed by atoms with Gasteiger partial charge in [0.05, 0.1) is 18.0 Å². The summed E-state index contributed by atoms with van der Waals surface area (Å²) in [6.45, 7) is 0. The van der Waals surface area contributed by atoms with Crippen LogP contribution in [0.15, 0.2) is 12.3 Å². The van der Waals surface area contributed by atoms with Crippen molar-refractivity contribution < 1.29 is 9.13 Å². The van der Waals surface area contributed by atoms with Crippen molar-refractivity contribution in [1.82, 2.24) is 4.98 Å². The molecule has 0 spiro atoms. The third-order valence-electron chi connectivity index (χ3n) is 1.92. The molecule has 1 saturated carbocycles. The van der Waals surface area contributed by atoms with Crippen LogP contribution in [0.5, 0.6) is 5.75 Å². The van der Waals surface area contributed by atoms with Gasteiger partial charge in [0.1, 0.15) is 0 Å². The highest BCUT2D eigenvalue weighted by atomic mass is 19.1. The normalized spacial score (nSPS) is 15.5. The highest BCUT2D eigenvalue weighted by molar-refractivity contribution is 5.54. The number of hydrogen-bond donors (Lipinski definition) is 1. The van der Waals surface area contributed by atoms with Crippen LogP contribution in [0.3, 0.4) is 0 Å². The fraction of sp³-hybridized carbons (Fsp3) is 0.444. The van der Waals surface area contributed by atoms with Crippen LogP contribution in [0.4, 0.5) is 10.1 Å². The average molecular weight is 182 g/mol. The van der Waals surface area contributed by atoms with Gasteiger partial charge in [-0.2, -0.15) is 4.39 Å². The van der Waals surface area contributed by atoms with E-state index in [0.717, 1.165) is 12.8 Å². The standard InChI is InChI=1S/C9H11FN2O/c1-11-7-4-9(10)12-5-8(7)13-6-2-3-6/h4-6H,2-3H2,1H3,(H,11,12). The summed E-state index contributed by atoms with van der Waals surface area (Å²) < 4.78 is 18.2. The van der Waals surface area contributed by atoms with Crippen molar-refractivity contribution in [2.45, 2.75) is 18.9 Å². The zero-order valence-corrected chi connectivity index (χ0v) is 7.38.